The van der Waals surface area contributed by atoms with Crippen LogP contribution in [-0.2, 0) is 6.42 Å². The van der Waals surface area contributed by atoms with E-state index in [0.717, 1.165) is 12.1 Å². The van der Waals surface area contributed by atoms with Gasteiger partial charge in [-0.05, 0) is 18.8 Å². The normalized spacial score (nSPS) is 17.6. The molecule has 1 atom stereocenters. The number of fused-ring (bicyclic) bond motifs is 1. The third-order valence-corrected chi connectivity index (χ3v) is 3.23. The van der Waals surface area contributed by atoms with Gasteiger partial charge in [-0.2, -0.15) is 0 Å². The van der Waals surface area contributed by atoms with Crippen molar-refractivity contribution in [3.8, 4) is 0 Å². The van der Waals surface area contributed by atoms with Crippen LogP contribution >= 0.6 is 0 Å². The monoisotopic (exact) mass is 237 g/mol. The van der Waals surface area contributed by atoms with E-state index < -0.39 is 11.6 Å². The maximum absolute atomic E-state index is 13.0. The van der Waals surface area contributed by atoms with Crippen LogP contribution in [-0.4, -0.2) is 16.0 Å². The van der Waals surface area contributed by atoms with Gasteiger partial charge in [-0.25, -0.2) is 13.8 Å². The van der Waals surface area contributed by atoms with Crippen molar-refractivity contribution in [2.75, 3.05) is 0 Å². The van der Waals surface area contributed by atoms with Gasteiger partial charge in [0.1, 0.15) is 5.82 Å². The van der Waals surface area contributed by atoms with Gasteiger partial charge in [0.25, 0.3) is 0 Å². The molecule has 90 valence electrons. The number of halogens is 2. The van der Waals surface area contributed by atoms with Crippen molar-refractivity contribution in [1.82, 2.24) is 9.97 Å². The Balaban J connectivity index is 1.90. The first-order valence-corrected chi connectivity index (χ1v) is 5.72. The molecule has 0 radical (unpaired) electrons. The third kappa shape index (κ3) is 2.02. The molecule has 3 N–H and O–H groups in total. The minimum absolute atomic E-state index is 0.0882. The van der Waals surface area contributed by atoms with Gasteiger partial charge in [0.2, 0.25) is 0 Å². The summed E-state index contributed by atoms with van der Waals surface area (Å²) in [6.07, 6.45) is 2.97. The Bertz CT molecular complexity index is 521. The summed E-state index contributed by atoms with van der Waals surface area (Å²) < 4.78 is 26.0. The van der Waals surface area contributed by atoms with Crippen molar-refractivity contribution in [3.63, 3.8) is 0 Å². The van der Waals surface area contributed by atoms with E-state index in [2.05, 4.69) is 9.97 Å². The molecule has 3 nitrogen and oxygen atoms in total. The van der Waals surface area contributed by atoms with Crippen LogP contribution in [0.4, 0.5) is 8.78 Å². The van der Waals surface area contributed by atoms with E-state index in [1.54, 1.807) is 0 Å². The average molecular weight is 237 g/mol. The van der Waals surface area contributed by atoms with Crippen LogP contribution in [0.25, 0.3) is 11.0 Å². The van der Waals surface area contributed by atoms with Gasteiger partial charge < -0.3 is 10.7 Å². The van der Waals surface area contributed by atoms with E-state index in [4.69, 9.17) is 5.73 Å². The van der Waals surface area contributed by atoms with Gasteiger partial charge >= 0.3 is 0 Å². The second-order valence-electron chi connectivity index (χ2n) is 4.67. The van der Waals surface area contributed by atoms with E-state index in [0.29, 0.717) is 29.2 Å². The lowest BCUT2D eigenvalue weighted by atomic mass is 10.1. The molecule has 1 aliphatic carbocycles. The zero-order valence-corrected chi connectivity index (χ0v) is 9.21. The molecule has 17 heavy (non-hydrogen) atoms. The quantitative estimate of drug-likeness (QED) is 0.859. The minimum atomic E-state index is -0.873. The van der Waals surface area contributed by atoms with Crippen LogP contribution in [0.1, 0.15) is 18.7 Å². The number of nitrogens with zero attached hydrogens (tertiary/aromatic N) is 1. The largest absolute Gasteiger partial charge is 0.342 e. The van der Waals surface area contributed by atoms with Gasteiger partial charge in [-0.1, -0.05) is 0 Å². The number of aromatic nitrogens is 2. The molecule has 3 rings (SSSR count). The smallest absolute Gasteiger partial charge is 0.161 e. The van der Waals surface area contributed by atoms with Crippen LogP contribution in [0, 0.1) is 17.6 Å². The highest BCUT2D eigenvalue weighted by Gasteiger charge is 2.29. The summed E-state index contributed by atoms with van der Waals surface area (Å²) >= 11 is 0. The van der Waals surface area contributed by atoms with Gasteiger partial charge in [-0.15, -0.1) is 0 Å². The highest BCUT2D eigenvalue weighted by Crippen LogP contribution is 2.32. The van der Waals surface area contributed by atoms with Crippen molar-refractivity contribution in [2.45, 2.75) is 25.3 Å². The number of nitrogens with two attached hydrogens (primary N) is 1. The van der Waals surface area contributed by atoms with E-state index >= 15 is 0 Å². The van der Waals surface area contributed by atoms with Crippen LogP contribution in [0.15, 0.2) is 12.1 Å². The molecule has 1 aromatic carbocycles. The molecule has 5 heteroatoms. The summed E-state index contributed by atoms with van der Waals surface area (Å²) in [5.74, 6) is -0.456. The summed E-state index contributed by atoms with van der Waals surface area (Å²) in [4.78, 5) is 7.20. The Labute approximate surface area is 97.0 Å². The first-order chi connectivity index (χ1) is 8.13. The molecule has 1 fully saturated rings. The van der Waals surface area contributed by atoms with Crippen molar-refractivity contribution >= 4 is 11.0 Å². The second kappa shape index (κ2) is 3.77. The van der Waals surface area contributed by atoms with Gasteiger partial charge in [0.15, 0.2) is 11.6 Å². The lowest BCUT2D eigenvalue weighted by Crippen LogP contribution is -2.25. The molecule has 0 aliphatic heterocycles. The highest BCUT2D eigenvalue weighted by atomic mass is 19.2. The van der Waals surface area contributed by atoms with Gasteiger partial charge in [0, 0.05) is 24.6 Å². The van der Waals surface area contributed by atoms with Crippen molar-refractivity contribution in [3.05, 3.63) is 29.6 Å². The highest BCUT2D eigenvalue weighted by molar-refractivity contribution is 5.75. The molecule has 0 bridgehead atoms. The molecular weight excluding hydrogens is 224 g/mol. The Morgan fingerprint density at radius 2 is 2.06 bits per heavy atom. The first kappa shape index (κ1) is 10.7. The first-order valence-electron chi connectivity index (χ1n) is 5.72. The summed E-state index contributed by atoms with van der Waals surface area (Å²) in [5.41, 5.74) is 6.95. The van der Waals surface area contributed by atoms with Crippen molar-refractivity contribution in [1.29, 1.82) is 0 Å². The number of H-pyrrole nitrogens is 1. The lowest BCUT2D eigenvalue weighted by molar-refractivity contribution is 0.510. The number of nitrogens with one attached hydrogen (secondary N) is 1. The Hall–Kier alpha value is -1.49. The molecule has 1 aliphatic rings. The molecule has 0 spiro atoms. The molecular formula is C12H13F2N3. The summed E-state index contributed by atoms with van der Waals surface area (Å²) in [5, 5.41) is 0. The number of benzene rings is 1. The fourth-order valence-electron chi connectivity index (χ4n) is 2.07. The molecule has 2 aromatic rings. The number of hydrogen-bond donors (Lipinski definition) is 2. The maximum atomic E-state index is 13.0. The number of rotatable bonds is 3. The zero-order valence-electron chi connectivity index (χ0n) is 9.21. The minimum Gasteiger partial charge on any atom is -0.342 e. The van der Waals surface area contributed by atoms with Crippen LogP contribution in [0.5, 0.6) is 0 Å². The topological polar surface area (TPSA) is 54.7 Å². The fourth-order valence-corrected chi connectivity index (χ4v) is 2.07. The number of aromatic amines is 1. The van der Waals surface area contributed by atoms with E-state index in [1.165, 1.54) is 12.8 Å². The third-order valence-electron chi connectivity index (χ3n) is 3.23. The molecule has 1 unspecified atom stereocenters. The molecule has 0 amide bonds. The standard InChI is InChI=1S/C12H13F2N3/c13-7-3-10-11(4-8(7)14)17-12(16-10)5-9(15)6-1-2-6/h3-4,6,9H,1-2,5,15H2,(H,16,17). The van der Waals surface area contributed by atoms with E-state index in [-0.39, 0.29) is 6.04 Å². The predicted molar refractivity (Wildman–Crippen MR) is 60.4 cm³/mol. The molecule has 1 heterocycles. The van der Waals surface area contributed by atoms with Crippen LogP contribution < -0.4 is 5.73 Å². The predicted octanol–water partition coefficient (Wildman–Crippen LogP) is 2.12. The SMILES string of the molecule is NC(Cc1nc2cc(F)c(F)cc2[nH]1)C1CC1. The molecule has 1 aromatic heterocycles. The molecule has 0 saturated heterocycles. The van der Waals surface area contributed by atoms with Crippen molar-refractivity contribution in [2.24, 2.45) is 11.7 Å². The number of hydrogen-bond acceptors (Lipinski definition) is 2. The van der Waals surface area contributed by atoms with Gasteiger partial charge in [-0.3, -0.25) is 0 Å². The van der Waals surface area contributed by atoms with E-state index in [1.807, 2.05) is 0 Å². The average Bonchev–Trinajstić information content (AvgIpc) is 3.04. The van der Waals surface area contributed by atoms with Crippen molar-refractivity contribution < 1.29 is 8.78 Å². The zero-order chi connectivity index (χ0) is 12.0. The number of imidazole rings is 1. The second-order valence-corrected chi connectivity index (χ2v) is 4.67. The fraction of sp³-hybridized carbons (Fsp3) is 0.417. The lowest BCUT2D eigenvalue weighted by Gasteiger charge is -2.06. The summed E-state index contributed by atoms with van der Waals surface area (Å²) in [6.45, 7) is 0. The maximum Gasteiger partial charge on any atom is 0.161 e. The Morgan fingerprint density at radius 3 is 2.76 bits per heavy atom. The van der Waals surface area contributed by atoms with Crippen LogP contribution in [0.2, 0.25) is 0 Å². The summed E-state index contributed by atoms with van der Waals surface area (Å²) in [6, 6.07) is 2.32. The molecule has 1 saturated carbocycles. The van der Waals surface area contributed by atoms with E-state index in [9.17, 15) is 8.78 Å². The van der Waals surface area contributed by atoms with Crippen LogP contribution in [0.3, 0.4) is 0 Å². The Morgan fingerprint density at radius 1 is 1.35 bits per heavy atom. The Kier molecular flexibility index (Phi) is 2.36. The van der Waals surface area contributed by atoms with Gasteiger partial charge in [0.05, 0.1) is 11.0 Å². The summed E-state index contributed by atoms with van der Waals surface area (Å²) in [7, 11) is 0.